The Hall–Kier alpha value is -4.52. The van der Waals surface area contributed by atoms with Gasteiger partial charge in [0.1, 0.15) is 6.54 Å². The van der Waals surface area contributed by atoms with Gasteiger partial charge in [-0.1, -0.05) is 54.1 Å². The molecule has 3 aromatic carbocycles. The van der Waals surface area contributed by atoms with E-state index in [0.29, 0.717) is 5.69 Å². The van der Waals surface area contributed by atoms with Crippen molar-refractivity contribution in [1.29, 1.82) is 0 Å². The third kappa shape index (κ3) is 3.40. The Labute approximate surface area is 189 Å². The lowest BCUT2D eigenvalue weighted by Gasteiger charge is -2.09. The number of imidazole rings is 2. The Kier molecular flexibility index (Phi) is 4.40. The van der Waals surface area contributed by atoms with Crippen molar-refractivity contribution in [3.05, 3.63) is 91.0 Å². The number of nitrogens with one attached hydrogen (secondary N) is 1. The van der Waals surface area contributed by atoms with E-state index in [1.807, 2.05) is 34.8 Å². The Balaban J connectivity index is 1.49. The Morgan fingerprint density at radius 3 is 2.61 bits per heavy atom. The summed E-state index contributed by atoms with van der Waals surface area (Å²) in [5, 5.41) is 10.0. The summed E-state index contributed by atoms with van der Waals surface area (Å²) in [6.07, 6.45) is 5.03. The molecule has 0 spiro atoms. The first-order chi connectivity index (χ1) is 16.2. The zero-order valence-electron chi connectivity index (χ0n) is 17.9. The van der Waals surface area contributed by atoms with E-state index in [1.165, 1.54) is 5.56 Å². The fraction of sp³-hybridized carbons (Fsp3) is 0.0769. The summed E-state index contributed by atoms with van der Waals surface area (Å²) < 4.78 is 3.60. The molecule has 6 rings (SSSR count). The summed E-state index contributed by atoms with van der Waals surface area (Å²) in [5.41, 5.74) is 6.29. The Bertz CT molecular complexity index is 1630. The number of amides is 1. The van der Waals surface area contributed by atoms with Crippen molar-refractivity contribution in [1.82, 2.24) is 24.1 Å². The van der Waals surface area contributed by atoms with Crippen LogP contribution in [0.2, 0.25) is 0 Å². The first-order valence-electron chi connectivity index (χ1n) is 10.7. The second-order valence-electron chi connectivity index (χ2n) is 8.09. The molecule has 1 N–H and O–H groups in total. The van der Waals surface area contributed by atoms with E-state index in [9.17, 15) is 4.79 Å². The zero-order valence-corrected chi connectivity index (χ0v) is 17.9. The van der Waals surface area contributed by atoms with Crippen molar-refractivity contribution in [3.8, 4) is 11.3 Å². The van der Waals surface area contributed by atoms with Crippen molar-refractivity contribution >= 4 is 39.0 Å². The van der Waals surface area contributed by atoms with Gasteiger partial charge < -0.3 is 9.88 Å². The van der Waals surface area contributed by atoms with Gasteiger partial charge in [0, 0.05) is 34.4 Å². The highest BCUT2D eigenvalue weighted by Crippen LogP contribution is 2.31. The summed E-state index contributed by atoms with van der Waals surface area (Å²) in [6, 6.07) is 22.3. The monoisotopic (exact) mass is 432 g/mol. The highest BCUT2D eigenvalue weighted by molar-refractivity contribution is 6.04. The lowest BCUT2D eigenvalue weighted by molar-refractivity contribution is -0.116. The van der Waals surface area contributed by atoms with Gasteiger partial charge in [-0.3, -0.25) is 4.79 Å². The second-order valence-corrected chi connectivity index (χ2v) is 8.09. The van der Waals surface area contributed by atoms with Crippen LogP contribution < -0.4 is 5.32 Å². The van der Waals surface area contributed by atoms with Gasteiger partial charge in [-0.25, -0.2) is 14.5 Å². The molecule has 0 aliphatic carbocycles. The molecule has 0 bridgehead atoms. The van der Waals surface area contributed by atoms with E-state index in [1.54, 1.807) is 23.3 Å². The number of carbonyl (C=O) groups excluding carboxylic acids is 1. The van der Waals surface area contributed by atoms with E-state index in [4.69, 9.17) is 10.1 Å². The van der Waals surface area contributed by atoms with Gasteiger partial charge in [0.15, 0.2) is 5.65 Å². The molecule has 7 heteroatoms. The molecule has 0 atom stereocenters. The van der Waals surface area contributed by atoms with E-state index in [-0.39, 0.29) is 12.5 Å². The number of aromatic nitrogens is 5. The average Bonchev–Trinajstić information content (AvgIpc) is 3.47. The molecular weight excluding hydrogens is 412 g/mol. The van der Waals surface area contributed by atoms with Crippen LogP contribution in [-0.2, 0) is 11.3 Å². The molecule has 0 saturated carbocycles. The molecular formula is C26H20N6O. The molecule has 0 unspecified atom stereocenters. The predicted molar refractivity (Wildman–Crippen MR) is 129 cm³/mol. The highest BCUT2D eigenvalue weighted by Gasteiger charge is 2.15. The molecule has 0 aliphatic heterocycles. The molecule has 3 heterocycles. The van der Waals surface area contributed by atoms with Crippen LogP contribution in [0.15, 0.2) is 85.5 Å². The van der Waals surface area contributed by atoms with Gasteiger partial charge in [-0.05, 0) is 25.1 Å². The molecule has 0 radical (unpaired) electrons. The van der Waals surface area contributed by atoms with Gasteiger partial charge in [0.05, 0.1) is 23.1 Å². The molecule has 0 saturated heterocycles. The van der Waals surface area contributed by atoms with Crippen LogP contribution in [0.5, 0.6) is 0 Å². The summed E-state index contributed by atoms with van der Waals surface area (Å²) >= 11 is 0. The van der Waals surface area contributed by atoms with E-state index in [0.717, 1.165) is 38.7 Å². The minimum atomic E-state index is -0.125. The molecule has 0 aliphatic rings. The highest BCUT2D eigenvalue weighted by atomic mass is 16.1. The third-order valence-corrected chi connectivity index (χ3v) is 5.75. The first kappa shape index (κ1) is 19.2. The minimum Gasteiger partial charge on any atom is -0.328 e. The van der Waals surface area contributed by atoms with Crippen molar-refractivity contribution in [2.75, 3.05) is 5.32 Å². The lowest BCUT2D eigenvalue weighted by atomic mass is 10.0. The number of nitrogens with zero attached hydrogens (tertiary/aromatic N) is 5. The fourth-order valence-electron chi connectivity index (χ4n) is 4.13. The second kappa shape index (κ2) is 7.56. The van der Waals surface area contributed by atoms with Gasteiger partial charge in [-0.15, -0.1) is 0 Å². The van der Waals surface area contributed by atoms with Gasteiger partial charge in [-0.2, -0.15) is 5.10 Å². The minimum absolute atomic E-state index is 0.125. The van der Waals surface area contributed by atoms with Crippen LogP contribution in [-0.4, -0.2) is 30.1 Å². The number of fused-ring (bicyclic) bond motifs is 5. The molecule has 7 nitrogen and oxygen atoms in total. The predicted octanol–water partition coefficient (Wildman–Crippen LogP) is 4.85. The number of carbonyl (C=O) groups is 1. The van der Waals surface area contributed by atoms with Gasteiger partial charge in [0.25, 0.3) is 0 Å². The summed E-state index contributed by atoms with van der Waals surface area (Å²) in [4.78, 5) is 21.3. The van der Waals surface area contributed by atoms with Crippen LogP contribution in [0, 0.1) is 6.92 Å². The number of anilines is 1. The molecule has 160 valence electrons. The standard InChI is InChI=1S/C26H20N6O/c1-17-6-8-18(9-7-17)25-20-4-2-3-5-21(20)26-29-22-11-10-19(14-23(22)32(26)30-25)28-24(33)15-31-13-12-27-16-31/h2-14,16H,15H2,1H3,(H,28,33). The number of hydrogen-bond donors (Lipinski definition) is 1. The maximum Gasteiger partial charge on any atom is 0.244 e. The molecule has 0 fully saturated rings. The Morgan fingerprint density at radius 2 is 1.82 bits per heavy atom. The number of benzene rings is 3. The van der Waals surface area contributed by atoms with Crippen LogP contribution >= 0.6 is 0 Å². The summed E-state index contributed by atoms with van der Waals surface area (Å²) in [6.45, 7) is 2.27. The Morgan fingerprint density at radius 1 is 1.00 bits per heavy atom. The van der Waals surface area contributed by atoms with Crippen LogP contribution in [0.1, 0.15) is 5.56 Å². The third-order valence-electron chi connectivity index (χ3n) is 5.75. The maximum absolute atomic E-state index is 12.5. The van der Waals surface area contributed by atoms with E-state index < -0.39 is 0 Å². The van der Waals surface area contributed by atoms with E-state index >= 15 is 0 Å². The van der Waals surface area contributed by atoms with Crippen molar-refractivity contribution < 1.29 is 4.79 Å². The fourth-order valence-corrected chi connectivity index (χ4v) is 4.13. The number of hydrogen-bond acceptors (Lipinski definition) is 4. The molecule has 1 amide bonds. The quantitative estimate of drug-likeness (QED) is 0.432. The average molecular weight is 432 g/mol. The van der Waals surface area contributed by atoms with Crippen LogP contribution in [0.4, 0.5) is 5.69 Å². The topological polar surface area (TPSA) is 77.1 Å². The molecule has 6 aromatic rings. The smallest absolute Gasteiger partial charge is 0.244 e. The molecule has 3 aromatic heterocycles. The zero-order chi connectivity index (χ0) is 22.4. The normalized spacial score (nSPS) is 11.4. The SMILES string of the molecule is Cc1ccc(-c2nn3c4cc(NC(=O)Cn5ccnc5)ccc4nc3c3ccccc23)cc1. The van der Waals surface area contributed by atoms with Crippen molar-refractivity contribution in [3.63, 3.8) is 0 Å². The number of rotatable bonds is 4. The number of aryl methyl sites for hydroxylation is 1. The van der Waals surface area contributed by atoms with Gasteiger partial charge in [0.2, 0.25) is 5.91 Å². The van der Waals surface area contributed by atoms with Crippen molar-refractivity contribution in [2.45, 2.75) is 13.5 Å². The molecule has 33 heavy (non-hydrogen) atoms. The lowest BCUT2D eigenvalue weighted by Crippen LogP contribution is -2.17. The summed E-state index contributed by atoms with van der Waals surface area (Å²) in [7, 11) is 0. The van der Waals surface area contributed by atoms with Crippen molar-refractivity contribution in [2.24, 2.45) is 0 Å². The summed E-state index contributed by atoms with van der Waals surface area (Å²) in [5.74, 6) is -0.125. The van der Waals surface area contributed by atoms with E-state index in [2.05, 4.69) is 53.6 Å². The largest absolute Gasteiger partial charge is 0.328 e. The van der Waals surface area contributed by atoms with Gasteiger partial charge >= 0.3 is 0 Å². The maximum atomic E-state index is 12.5. The van der Waals surface area contributed by atoms with Crippen LogP contribution in [0.25, 0.3) is 38.7 Å². The van der Waals surface area contributed by atoms with Crippen LogP contribution in [0.3, 0.4) is 0 Å². The first-order valence-corrected chi connectivity index (χ1v) is 10.7.